The van der Waals surface area contributed by atoms with Crippen molar-refractivity contribution in [3.8, 4) is 0 Å². The maximum atomic E-state index is 12.2. The van der Waals surface area contributed by atoms with E-state index in [-0.39, 0.29) is 31.3 Å². The highest BCUT2D eigenvalue weighted by Crippen LogP contribution is 2.09. The molecule has 0 radical (unpaired) electrons. The van der Waals surface area contributed by atoms with Crippen molar-refractivity contribution in [1.82, 2.24) is 15.5 Å². The standard InChI is InChI=1S/C13H25N7O4/c1-20(10(22)5-7(15)4-8(21)2-3-14)9-6-17-13(18-11(9)23)19-12(16)24/h7-9,21H,2-6,14-15H2,1H3,(H4,16,17,18,19,23,24)/t7-,8?,9?/m0/s1. The maximum Gasteiger partial charge on any atom is 0.318 e. The van der Waals surface area contributed by atoms with Gasteiger partial charge in [-0.05, 0) is 19.4 Å². The lowest BCUT2D eigenvalue weighted by Crippen LogP contribution is -2.58. The minimum absolute atomic E-state index is 0.00523. The van der Waals surface area contributed by atoms with Gasteiger partial charge in [0, 0.05) is 19.5 Å². The van der Waals surface area contributed by atoms with Crippen LogP contribution in [0.15, 0.2) is 4.99 Å². The normalized spacial score (nSPS) is 19.8. The molecule has 9 N–H and O–H groups in total. The first kappa shape index (κ1) is 19.8. The van der Waals surface area contributed by atoms with Crippen LogP contribution in [-0.2, 0) is 9.59 Å². The second-order valence-corrected chi connectivity index (χ2v) is 5.62. The quantitative estimate of drug-likeness (QED) is 0.282. The molecule has 0 spiro atoms. The number of rotatable bonds is 7. The molecular weight excluding hydrogens is 318 g/mol. The molecular formula is C13H25N7O4. The van der Waals surface area contributed by atoms with Gasteiger partial charge in [-0.25, -0.2) is 9.79 Å². The Balaban J connectivity index is 2.55. The highest BCUT2D eigenvalue weighted by atomic mass is 16.3. The molecule has 1 rings (SSSR count). The number of likely N-dealkylation sites (N-methyl/N-ethyl adjacent to an activating group) is 1. The molecule has 0 fully saturated rings. The largest absolute Gasteiger partial charge is 0.393 e. The van der Waals surface area contributed by atoms with E-state index in [1.807, 2.05) is 0 Å². The molecule has 24 heavy (non-hydrogen) atoms. The van der Waals surface area contributed by atoms with Gasteiger partial charge >= 0.3 is 6.03 Å². The monoisotopic (exact) mass is 343 g/mol. The van der Waals surface area contributed by atoms with E-state index >= 15 is 0 Å². The number of urea groups is 1. The van der Waals surface area contributed by atoms with Crippen molar-refractivity contribution in [3.05, 3.63) is 0 Å². The van der Waals surface area contributed by atoms with Crippen LogP contribution in [0.1, 0.15) is 19.3 Å². The Morgan fingerprint density at radius 2 is 2.21 bits per heavy atom. The first-order valence-corrected chi connectivity index (χ1v) is 7.55. The number of hydrogen-bond donors (Lipinski definition) is 6. The fourth-order valence-corrected chi connectivity index (χ4v) is 2.27. The Morgan fingerprint density at radius 1 is 1.54 bits per heavy atom. The average Bonchev–Trinajstić information content (AvgIpc) is 2.45. The third-order valence-electron chi connectivity index (χ3n) is 3.58. The molecule has 0 aromatic heterocycles. The van der Waals surface area contributed by atoms with Gasteiger partial charge < -0.3 is 27.2 Å². The van der Waals surface area contributed by atoms with E-state index in [4.69, 9.17) is 17.2 Å². The van der Waals surface area contributed by atoms with Crippen molar-refractivity contribution in [3.63, 3.8) is 0 Å². The van der Waals surface area contributed by atoms with Crippen LogP contribution in [-0.4, -0.2) is 72.1 Å². The molecule has 3 atom stereocenters. The van der Waals surface area contributed by atoms with Crippen molar-refractivity contribution < 1.29 is 19.5 Å². The Labute approximate surface area is 139 Å². The number of hydrogen-bond acceptors (Lipinski definition) is 7. The van der Waals surface area contributed by atoms with Gasteiger partial charge in [0.05, 0.1) is 12.6 Å². The van der Waals surface area contributed by atoms with Crippen LogP contribution in [0, 0.1) is 0 Å². The van der Waals surface area contributed by atoms with Crippen LogP contribution >= 0.6 is 0 Å². The summed E-state index contributed by atoms with van der Waals surface area (Å²) in [5.74, 6) is -0.878. The Bertz CT molecular complexity index is 511. The first-order chi connectivity index (χ1) is 11.2. The Hall–Kier alpha value is -2.24. The second-order valence-electron chi connectivity index (χ2n) is 5.62. The van der Waals surface area contributed by atoms with Crippen molar-refractivity contribution >= 4 is 23.8 Å². The van der Waals surface area contributed by atoms with Crippen LogP contribution in [0.5, 0.6) is 0 Å². The number of guanidine groups is 1. The molecule has 1 aliphatic heterocycles. The van der Waals surface area contributed by atoms with E-state index in [1.165, 1.54) is 11.9 Å². The molecule has 11 nitrogen and oxygen atoms in total. The minimum atomic E-state index is -0.848. The summed E-state index contributed by atoms with van der Waals surface area (Å²) in [5, 5.41) is 14.2. The summed E-state index contributed by atoms with van der Waals surface area (Å²) in [7, 11) is 1.47. The summed E-state index contributed by atoms with van der Waals surface area (Å²) in [5.41, 5.74) is 16.1. The predicted molar refractivity (Wildman–Crippen MR) is 86.6 cm³/mol. The second kappa shape index (κ2) is 9.15. The Kier molecular flexibility index (Phi) is 7.55. The lowest BCUT2D eigenvalue weighted by atomic mass is 10.0. The number of primary amides is 1. The van der Waals surface area contributed by atoms with Crippen LogP contribution in [0.25, 0.3) is 0 Å². The molecule has 0 aromatic rings. The molecule has 1 aliphatic rings. The van der Waals surface area contributed by atoms with Crippen molar-refractivity contribution in [2.24, 2.45) is 22.2 Å². The third-order valence-corrected chi connectivity index (χ3v) is 3.58. The molecule has 0 aliphatic carbocycles. The summed E-state index contributed by atoms with van der Waals surface area (Å²) in [6.07, 6.45) is -0.0167. The average molecular weight is 343 g/mol. The zero-order chi connectivity index (χ0) is 18.3. The van der Waals surface area contributed by atoms with Gasteiger partial charge in [0.15, 0.2) is 0 Å². The lowest BCUT2D eigenvalue weighted by Gasteiger charge is -2.30. The highest BCUT2D eigenvalue weighted by Gasteiger charge is 2.31. The number of carbonyl (C=O) groups is 3. The summed E-state index contributed by atoms with van der Waals surface area (Å²) < 4.78 is 0. The molecule has 2 unspecified atom stereocenters. The van der Waals surface area contributed by atoms with Gasteiger partial charge in [0.1, 0.15) is 6.04 Å². The molecule has 1 heterocycles. The van der Waals surface area contributed by atoms with E-state index in [2.05, 4.69) is 15.6 Å². The van der Waals surface area contributed by atoms with Gasteiger partial charge in [-0.15, -0.1) is 0 Å². The van der Waals surface area contributed by atoms with E-state index < -0.39 is 30.1 Å². The summed E-state index contributed by atoms with van der Waals surface area (Å²) in [6, 6.07) is -2.19. The molecule has 0 aromatic carbocycles. The fourth-order valence-electron chi connectivity index (χ4n) is 2.27. The third kappa shape index (κ3) is 6.10. The maximum absolute atomic E-state index is 12.2. The van der Waals surface area contributed by atoms with Gasteiger partial charge in [0.2, 0.25) is 11.9 Å². The van der Waals surface area contributed by atoms with Crippen LogP contribution in [0.2, 0.25) is 0 Å². The molecule has 136 valence electrons. The molecule has 0 bridgehead atoms. The number of nitrogens with zero attached hydrogens (tertiary/aromatic N) is 2. The minimum Gasteiger partial charge on any atom is -0.393 e. The lowest BCUT2D eigenvalue weighted by molar-refractivity contribution is -0.138. The number of nitrogens with two attached hydrogens (primary N) is 3. The predicted octanol–water partition coefficient (Wildman–Crippen LogP) is -3.22. The van der Waals surface area contributed by atoms with Crippen LogP contribution in [0.3, 0.4) is 0 Å². The number of amides is 4. The summed E-state index contributed by atoms with van der Waals surface area (Å²) in [6.45, 7) is 0.332. The smallest absolute Gasteiger partial charge is 0.318 e. The van der Waals surface area contributed by atoms with E-state index in [0.717, 1.165) is 0 Å². The van der Waals surface area contributed by atoms with Gasteiger partial charge in [-0.1, -0.05) is 0 Å². The first-order valence-electron chi connectivity index (χ1n) is 7.55. The van der Waals surface area contributed by atoms with E-state index in [0.29, 0.717) is 13.0 Å². The van der Waals surface area contributed by atoms with E-state index in [1.54, 1.807) is 0 Å². The summed E-state index contributed by atoms with van der Waals surface area (Å²) in [4.78, 5) is 40.2. The summed E-state index contributed by atoms with van der Waals surface area (Å²) >= 11 is 0. The van der Waals surface area contributed by atoms with Crippen molar-refractivity contribution in [2.75, 3.05) is 20.1 Å². The highest BCUT2D eigenvalue weighted by molar-refractivity contribution is 6.07. The number of aliphatic imine (C=N–C) groups is 1. The molecule has 4 amide bonds. The number of nitrogens with one attached hydrogen (secondary N) is 2. The van der Waals surface area contributed by atoms with Crippen LogP contribution in [0.4, 0.5) is 4.79 Å². The molecule has 11 heteroatoms. The number of aliphatic hydroxyl groups is 1. The fraction of sp³-hybridized carbons (Fsp3) is 0.692. The number of carbonyl (C=O) groups excluding carboxylic acids is 3. The van der Waals surface area contributed by atoms with Crippen molar-refractivity contribution in [2.45, 2.75) is 37.5 Å². The Morgan fingerprint density at radius 3 is 2.75 bits per heavy atom. The van der Waals surface area contributed by atoms with Gasteiger partial charge in [0.25, 0.3) is 5.91 Å². The van der Waals surface area contributed by atoms with Crippen LogP contribution < -0.4 is 27.8 Å². The SMILES string of the molecule is CN(C(=O)C[C@@H](N)CC(O)CCN)C1CN=C(NC(N)=O)NC1=O. The van der Waals surface area contributed by atoms with Gasteiger partial charge in [-0.3, -0.25) is 20.2 Å². The zero-order valence-corrected chi connectivity index (χ0v) is 13.6. The van der Waals surface area contributed by atoms with Gasteiger partial charge in [-0.2, -0.15) is 0 Å². The van der Waals surface area contributed by atoms with E-state index in [9.17, 15) is 19.5 Å². The topological polar surface area (TPSA) is 189 Å². The van der Waals surface area contributed by atoms with Crippen molar-refractivity contribution in [1.29, 1.82) is 0 Å². The zero-order valence-electron chi connectivity index (χ0n) is 13.6. The number of aliphatic hydroxyl groups excluding tert-OH is 1. The molecule has 0 saturated carbocycles. The molecule has 0 saturated heterocycles.